The zero-order chi connectivity index (χ0) is 21.3. The van der Waals surface area contributed by atoms with Gasteiger partial charge in [-0.25, -0.2) is 4.39 Å². The average molecular weight is 425 g/mol. The van der Waals surface area contributed by atoms with Crippen molar-refractivity contribution in [3.05, 3.63) is 93.8 Å². The summed E-state index contributed by atoms with van der Waals surface area (Å²) in [6.07, 6.45) is 1.48. The van der Waals surface area contributed by atoms with Gasteiger partial charge in [-0.05, 0) is 24.3 Å². The predicted octanol–water partition coefficient (Wildman–Crippen LogP) is 5.49. The van der Waals surface area contributed by atoms with Crippen LogP contribution in [0.4, 0.5) is 4.39 Å². The third-order valence-electron chi connectivity index (χ3n) is 4.22. The molecule has 30 heavy (non-hydrogen) atoms. The van der Waals surface area contributed by atoms with Gasteiger partial charge in [0.05, 0.1) is 30.0 Å². The molecule has 0 atom stereocenters. The third kappa shape index (κ3) is 5.28. The van der Waals surface area contributed by atoms with E-state index in [2.05, 4.69) is 11.2 Å². The van der Waals surface area contributed by atoms with Gasteiger partial charge in [-0.3, -0.25) is 0 Å². The molecule has 3 aromatic carbocycles. The number of benzene rings is 3. The molecule has 0 aromatic heterocycles. The summed E-state index contributed by atoms with van der Waals surface area (Å²) in [5.41, 5.74) is 2.31. The molecule has 152 valence electrons. The quantitative estimate of drug-likeness (QED) is 0.354. The fourth-order valence-corrected chi connectivity index (χ4v) is 2.95. The molecule has 0 aliphatic rings. The number of nitriles is 1. The maximum atomic E-state index is 13.8. The van der Waals surface area contributed by atoms with E-state index in [-0.39, 0.29) is 19.0 Å². The van der Waals surface area contributed by atoms with Gasteiger partial charge in [0, 0.05) is 16.7 Å². The predicted molar refractivity (Wildman–Crippen MR) is 112 cm³/mol. The van der Waals surface area contributed by atoms with Crippen LogP contribution in [0.1, 0.15) is 22.3 Å². The first-order valence-electron chi connectivity index (χ1n) is 8.99. The second kappa shape index (κ2) is 10.3. The molecule has 3 rings (SSSR count). The summed E-state index contributed by atoms with van der Waals surface area (Å²) in [6, 6.07) is 18.9. The molecular weight excluding hydrogens is 407 g/mol. The zero-order valence-corrected chi connectivity index (χ0v) is 16.9. The SMILES string of the molecule is COc1cc(/C=N\OCc2ccccc2C#N)cc(Cl)c1OCc1ccccc1F. The standard InChI is InChI=1S/C23H18ClFN2O3/c1-28-22-11-16(13-27-30-15-18-7-3-2-6-17(18)12-26)10-20(24)23(22)29-14-19-8-4-5-9-21(19)25/h2-11,13H,14-15H2,1H3/b27-13-. The Morgan fingerprint density at radius 3 is 2.53 bits per heavy atom. The van der Waals surface area contributed by atoms with Crippen molar-refractivity contribution in [1.29, 1.82) is 5.26 Å². The van der Waals surface area contributed by atoms with E-state index >= 15 is 0 Å². The van der Waals surface area contributed by atoms with E-state index in [9.17, 15) is 4.39 Å². The van der Waals surface area contributed by atoms with Crippen LogP contribution in [0.25, 0.3) is 0 Å². The van der Waals surface area contributed by atoms with Crippen LogP contribution in [-0.2, 0) is 18.1 Å². The normalized spacial score (nSPS) is 10.6. The van der Waals surface area contributed by atoms with Gasteiger partial charge in [-0.1, -0.05) is 53.2 Å². The molecule has 0 bridgehead atoms. The molecule has 0 aliphatic heterocycles. The number of hydrogen-bond donors (Lipinski definition) is 0. The minimum atomic E-state index is -0.355. The summed E-state index contributed by atoms with van der Waals surface area (Å²) < 4.78 is 24.8. The fourth-order valence-electron chi connectivity index (χ4n) is 2.68. The summed E-state index contributed by atoms with van der Waals surface area (Å²) >= 11 is 6.33. The molecule has 0 saturated heterocycles. The van der Waals surface area contributed by atoms with E-state index in [0.29, 0.717) is 33.2 Å². The van der Waals surface area contributed by atoms with Gasteiger partial charge in [0.15, 0.2) is 11.5 Å². The monoisotopic (exact) mass is 424 g/mol. The van der Waals surface area contributed by atoms with Crippen molar-refractivity contribution < 1.29 is 18.7 Å². The van der Waals surface area contributed by atoms with E-state index in [4.69, 9.17) is 31.2 Å². The third-order valence-corrected chi connectivity index (χ3v) is 4.50. The van der Waals surface area contributed by atoms with Crippen molar-refractivity contribution in [3.8, 4) is 17.6 Å². The summed E-state index contributed by atoms with van der Waals surface area (Å²) in [5, 5.41) is 13.3. The van der Waals surface area contributed by atoms with E-state index < -0.39 is 0 Å². The summed E-state index contributed by atoms with van der Waals surface area (Å²) in [7, 11) is 1.48. The second-order valence-corrected chi connectivity index (χ2v) is 6.60. The van der Waals surface area contributed by atoms with Crippen LogP contribution in [-0.4, -0.2) is 13.3 Å². The minimum Gasteiger partial charge on any atom is -0.493 e. The number of rotatable bonds is 8. The summed E-state index contributed by atoms with van der Waals surface area (Å²) in [4.78, 5) is 5.29. The Hall–Kier alpha value is -3.56. The van der Waals surface area contributed by atoms with Crippen LogP contribution in [0.5, 0.6) is 11.5 Å². The van der Waals surface area contributed by atoms with E-state index in [1.54, 1.807) is 48.5 Å². The molecule has 0 amide bonds. The Bertz CT molecular complexity index is 1100. The maximum Gasteiger partial charge on any atom is 0.180 e. The van der Waals surface area contributed by atoms with Crippen molar-refractivity contribution in [2.75, 3.05) is 7.11 Å². The molecule has 0 saturated carbocycles. The molecule has 0 aliphatic carbocycles. The smallest absolute Gasteiger partial charge is 0.180 e. The Morgan fingerprint density at radius 1 is 1.07 bits per heavy atom. The molecule has 7 heteroatoms. The van der Waals surface area contributed by atoms with Crippen LogP contribution in [0.3, 0.4) is 0 Å². The lowest BCUT2D eigenvalue weighted by molar-refractivity contribution is 0.132. The number of methoxy groups -OCH3 is 1. The van der Waals surface area contributed by atoms with Crippen molar-refractivity contribution >= 4 is 17.8 Å². The summed E-state index contributed by atoms with van der Waals surface area (Å²) in [5.74, 6) is 0.338. The fraction of sp³-hybridized carbons (Fsp3) is 0.130. The van der Waals surface area contributed by atoms with Gasteiger partial charge in [0.25, 0.3) is 0 Å². The first-order chi connectivity index (χ1) is 14.6. The van der Waals surface area contributed by atoms with Gasteiger partial charge < -0.3 is 14.3 Å². The summed E-state index contributed by atoms with van der Waals surface area (Å²) in [6.45, 7) is 0.173. The Balaban J connectivity index is 1.68. The van der Waals surface area contributed by atoms with Gasteiger partial charge in [-0.2, -0.15) is 5.26 Å². The highest BCUT2D eigenvalue weighted by Gasteiger charge is 2.13. The van der Waals surface area contributed by atoms with E-state index in [1.165, 1.54) is 19.4 Å². The molecule has 0 unspecified atom stereocenters. The van der Waals surface area contributed by atoms with Crippen LogP contribution >= 0.6 is 11.6 Å². The number of oxime groups is 1. The number of nitrogens with zero attached hydrogens (tertiary/aromatic N) is 2. The number of halogens is 2. The molecule has 3 aromatic rings. The molecule has 0 fully saturated rings. The highest BCUT2D eigenvalue weighted by Crippen LogP contribution is 2.36. The largest absolute Gasteiger partial charge is 0.493 e. The molecule has 5 nitrogen and oxygen atoms in total. The van der Waals surface area contributed by atoms with E-state index in [0.717, 1.165) is 5.56 Å². The van der Waals surface area contributed by atoms with Crippen LogP contribution in [0.15, 0.2) is 65.8 Å². The second-order valence-electron chi connectivity index (χ2n) is 6.19. The lowest BCUT2D eigenvalue weighted by atomic mass is 10.1. The molecular formula is C23H18ClFN2O3. The Morgan fingerprint density at radius 2 is 1.80 bits per heavy atom. The topological polar surface area (TPSA) is 63.8 Å². The van der Waals surface area contributed by atoms with Crippen LogP contribution in [0.2, 0.25) is 5.02 Å². The van der Waals surface area contributed by atoms with Crippen molar-refractivity contribution in [2.24, 2.45) is 5.16 Å². The van der Waals surface area contributed by atoms with Gasteiger partial charge in [0.1, 0.15) is 19.0 Å². The van der Waals surface area contributed by atoms with Gasteiger partial charge >= 0.3 is 0 Å². The highest BCUT2D eigenvalue weighted by atomic mass is 35.5. The first-order valence-corrected chi connectivity index (χ1v) is 9.37. The van der Waals surface area contributed by atoms with Crippen molar-refractivity contribution in [3.63, 3.8) is 0 Å². The highest BCUT2D eigenvalue weighted by molar-refractivity contribution is 6.32. The first kappa shape index (κ1) is 21.2. The Labute approximate surface area is 178 Å². The maximum absolute atomic E-state index is 13.8. The van der Waals surface area contributed by atoms with Crippen LogP contribution < -0.4 is 9.47 Å². The molecule has 0 radical (unpaired) electrons. The average Bonchev–Trinajstić information content (AvgIpc) is 2.77. The van der Waals surface area contributed by atoms with Crippen molar-refractivity contribution in [1.82, 2.24) is 0 Å². The molecule has 0 heterocycles. The van der Waals surface area contributed by atoms with Crippen LogP contribution in [0, 0.1) is 17.1 Å². The minimum absolute atomic E-state index is 0.0115. The molecule has 0 spiro atoms. The van der Waals surface area contributed by atoms with Gasteiger partial charge in [0.2, 0.25) is 0 Å². The number of ether oxygens (including phenoxy) is 2. The molecule has 0 N–H and O–H groups in total. The van der Waals surface area contributed by atoms with Crippen molar-refractivity contribution in [2.45, 2.75) is 13.2 Å². The number of hydrogen-bond acceptors (Lipinski definition) is 5. The Kier molecular flexibility index (Phi) is 7.25. The lowest BCUT2D eigenvalue weighted by Crippen LogP contribution is -2.01. The zero-order valence-electron chi connectivity index (χ0n) is 16.1. The lowest BCUT2D eigenvalue weighted by Gasteiger charge is -2.13. The van der Waals surface area contributed by atoms with Gasteiger partial charge in [-0.15, -0.1) is 0 Å². The van der Waals surface area contributed by atoms with E-state index in [1.807, 2.05) is 6.07 Å².